The maximum absolute atomic E-state index is 11.7. The second-order valence-corrected chi connectivity index (χ2v) is 4.69. The van der Waals surface area contributed by atoms with Crippen LogP contribution in [0.25, 0.3) is 0 Å². The number of nitrogens with zero attached hydrogens (tertiary/aromatic N) is 1. The second-order valence-electron chi connectivity index (χ2n) is 4.69. The molecule has 0 fully saturated rings. The van der Waals surface area contributed by atoms with Crippen LogP contribution in [0.4, 0.5) is 4.79 Å². The van der Waals surface area contributed by atoms with Crippen LogP contribution in [-0.2, 0) is 4.79 Å². The molecule has 5 nitrogen and oxygen atoms in total. The fraction of sp³-hybridized carbons (Fsp3) is 0.833. The van der Waals surface area contributed by atoms with E-state index in [1.165, 1.54) is 4.90 Å². The molecule has 100 valence electrons. The van der Waals surface area contributed by atoms with Crippen molar-refractivity contribution in [3.8, 4) is 0 Å². The third-order valence-electron chi connectivity index (χ3n) is 2.58. The molecule has 0 bridgehead atoms. The van der Waals surface area contributed by atoms with Crippen molar-refractivity contribution in [2.75, 3.05) is 19.6 Å². The zero-order valence-electron chi connectivity index (χ0n) is 11.2. The largest absolute Gasteiger partial charge is 0.481 e. The van der Waals surface area contributed by atoms with Crippen LogP contribution in [0, 0.1) is 11.8 Å². The van der Waals surface area contributed by atoms with E-state index in [0.29, 0.717) is 19.0 Å². The molecule has 0 saturated heterocycles. The van der Waals surface area contributed by atoms with Gasteiger partial charge in [-0.2, -0.15) is 0 Å². The molecule has 0 rings (SSSR count). The van der Waals surface area contributed by atoms with Crippen LogP contribution in [0.3, 0.4) is 0 Å². The summed E-state index contributed by atoms with van der Waals surface area (Å²) in [5.74, 6) is -0.868. The van der Waals surface area contributed by atoms with Crippen molar-refractivity contribution in [2.45, 2.75) is 34.1 Å². The molecular formula is C12H24N2O3. The van der Waals surface area contributed by atoms with Gasteiger partial charge in [-0.25, -0.2) is 4.79 Å². The van der Waals surface area contributed by atoms with Gasteiger partial charge in [0.25, 0.3) is 0 Å². The number of hydrogen-bond donors (Lipinski definition) is 2. The molecular weight excluding hydrogens is 220 g/mol. The normalized spacial score (nSPS) is 12.3. The predicted molar refractivity (Wildman–Crippen MR) is 66.9 cm³/mol. The summed E-state index contributed by atoms with van der Waals surface area (Å²) in [6.45, 7) is 9.04. The van der Waals surface area contributed by atoms with Crippen molar-refractivity contribution in [2.24, 2.45) is 11.8 Å². The Hall–Kier alpha value is -1.26. The topological polar surface area (TPSA) is 69.6 Å². The van der Waals surface area contributed by atoms with Gasteiger partial charge in [0.05, 0.1) is 5.92 Å². The average molecular weight is 244 g/mol. The molecule has 1 atom stereocenters. The monoisotopic (exact) mass is 244 g/mol. The van der Waals surface area contributed by atoms with Crippen molar-refractivity contribution in [1.82, 2.24) is 10.2 Å². The Balaban J connectivity index is 4.08. The van der Waals surface area contributed by atoms with Crippen molar-refractivity contribution in [3.05, 3.63) is 0 Å². The second kappa shape index (κ2) is 7.92. The van der Waals surface area contributed by atoms with E-state index in [1.54, 1.807) is 6.92 Å². The van der Waals surface area contributed by atoms with Crippen molar-refractivity contribution in [3.63, 3.8) is 0 Å². The van der Waals surface area contributed by atoms with Crippen LogP contribution in [0.2, 0.25) is 0 Å². The smallest absolute Gasteiger partial charge is 0.317 e. The lowest BCUT2D eigenvalue weighted by Crippen LogP contribution is -2.43. The molecule has 0 aliphatic rings. The summed E-state index contributed by atoms with van der Waals surface area (Å²) in [6.07, 6.45) is 0.928. The highest BCUT2D eigenvalue weighted by Crippen LogP contribution is 2.01. The van der Waals surface area contributed by atoms with E-state index in [2.05, 4.69) is 19.2 Å². The van der Waals surface area contributed by atoms with Crippen LogP contribution in [-0.4, -0.2) is 41.6 Å². The van der Waals surface area contributed by atoms with Crippen LogP contribution in [0.15, 0.2) is 0 Å². The first-order valence-electron chi connectivity index (χ1n) is 6.14. The van der Waals surface area contributed by atoms with Gasteiger partial charge in [0.2, 0.25) is 0 Å². The number of amides is 2. The first-order valence-corrected chi connectivity index (χ1v) is 6.14. The van der Waals surface area contributed by atoms with Gasteiger partial charge in [-0.1, -0.05) is 20.8 Å². The first kappa shape index (κ1) is 15.7. The lowest BCUT2D eigenvalue weighted by atomic mass is 10.1. The van der Waals surface area contributed by atoms with Crippen LogP contribution in [0.5, 0.6) is 0 Å². The molecule has 2 N–H and O–H groups in total. The Morgan fingerprint density at radius 1 is 1.29 bits per heavy atom. The highest BCUT2D eigenvalue weighted by Gasteiger charge is 2.18. The number of hydrogen-bond acceptors (Lipinski definition) is 2. The van der Waals surface area contributed by atoms with E-state index in [0.717, 1.165) is 6.42 Å². The number of carbonyl (C=O) groups excluding carboxylic acids is 1. The molecule has 0 heterocycles. The molecule has 0 aliphatic carbocycles. The Morgan fingerprint density at radius 2 is 1.88 bits per heavy atom. The minimum atomic E-state index is -0.876. The molecule has 0 radical (unpaired) electrons. The summed E-state index contributed by atoms with van der Waals surface area (Å²) < 4.78 is 0. The summed E-state index contributed by atoms with van der Waals surface area (Å²) in [6, 6.07) is -0.179. The highest BCUT2D eigenvalue weighted by atomic mass is 16.4. The van der Waals surface area contributed by atoms with Gasteiger partial charge in [-0.05, 0) is 19.3 Å². The van der Waals surface area contributed by atoms with Crippen molar-refractivity contribution < 1.29 is 14.7 Å². The molecule has 0 saturated carbocycles. The summed E-state index contributed by atoms with van der Waals surface area (Å²) in [7, 11) is 0. The van der Waals surface area contributed by atoms with E-state index in [4.69, 9.17) is 5.11 Å². The van der Waals surface area contributed by atoms with Gasteiger partial charge in [0.15, 0.2) is 0 Å². The maximum Gasteiger partial charge on any atom is 0.317 e. The molecule has 0 aromatic heterocycles. The molecule has 2 amide bonds. The summed E-state index contributed by atoms with van der Waals surface area (Å²) in [5.41, 5.74) is 0. The zero-order valence-corrected chi connectivity index (χ0v) is 11.2. The number of urea groups is 1. The molecule has 0 spiro atoms. The Bertz CT molecular complexity index is 254. The van der Waals surface area contributed by atoms with Crippen molar-refractivity contribution >= 4 is 12.0 Å². The van der Waals surface area contributed by atoms with Gasteiger partial charge in [-0.15, -0.1) is 0 Å². The fourth-order valence-corrected chi connectivity index (χ4v) is 1.34. The van der Waals surface area contributed by atoms with Gasteiger partial charge < -0.3 is 15.3 Å². The Kier molecular flexibility index (Phi) is 7.34. The molecule has 5 heteroatoms. The lowest BCUT2D eigenvalue weighted by molar-refractivity contribution is -0.141. The quantitative estimate of drug-likeness (QED) is 0.717. The third kappa shape index (κ3) is 6.81. The Labute approximate surface area is 103 Å². The lowest BCUT2D eigenvalue weighted by Gasteiger charge is -2.23. The average Bonchev–Trinajstić information content (AvgIpc) is 2.24. The number of rotatable bonds is 7. The molecule has 17 heavy (non-hydrogen) atoms. The van der Waals surface area contributed by atoms with E-state index in [-0.39, 0.29) is 12.6 Å². The standard InChI is InChI=1S/C12H24N2O3/c1-5-14(8-10(4)11(15)16)12(17)13-7-6-9(2)3/h9-10H,5-8H2,1-4H3,(H,13,17)(H,15,16). The van der Waals surface area contributed by atoms with E-state index in [9.17, 15) is 9.59 Å². The van der Waals surface area contributed by atoms with E-state index >= 15 is 0 Å². The third-order valence-corrected chi connectivity index (χ3v) is 2.58. The molecule has 1 unspecified atom stereocenters. The minimum Gasteiger partial charge on any atom is -0.481 e. The SMILES string of the molecule is CCN(CC(C)C(=O)O)C(=O)NCCC(C)C. The molecule has 0 aromatic carbocycles. The zero-order chi connectivity index (χ0) is 13.4. The van der Waals surface area contributed by atoms with Crippen LogP contribution < -0.4 is 5.32 Å². The molecule has 0 aromatic rings. The van der Waals surface area contributed by atoms with Crippen LogP contribution in [0.1, 0.15) is 34.1 Å². The van der Waals surface area contributed by atoms with E-state index in [1.807, 2.05) is 6.92 Å². The minimum absolute atomic E-state index is 0.179. The summed E-state index contributed by atoms with van der Waals surface area (Å²) in [5, 5.41) is 11.6. The van der Waals surface area contributed by atoms with E-state index < -0.39 is 11.9 Å². The van der Waals surface area contributed by atoms with Crippen molar-refractivity contribution in [1.29, 1.82) is 0 Å². The summed E-state index contributed by atoms with van der Waals surface area (Å²) in [4.78, 5) is 24.0. The van der Waals surface area contributed by atoms with Crippen LogP contribution >= 0.6 is 0 Å². The Morgan fingerprint density at radius 3 is 2.29 bits per heavy atom. The van der Waals surface area contributed by atoms with Gasteiger partial charge in [0.1, 0.15) is 0 Å². The fourth-order valence-electron chi connectivity index (χ4n) is 1.34. The number of nitrogens with one attached hydrogen (secondary N) is 1. The predicted octanol–water partition coefficient (Wildman–Crippen LogP) is 1.78. The molecule has 0 aliphatic heterocycles. The van der Waals surface area contributed by atoms with Gasteiger partial charge in [0, 0.05) is 19.6 Å². The number of carboxylic acid groups (broad SMARTS) is 1. The van der Waals surface area contributed by atoms with Gasteiger partial charge in [-0.3, -0.25) is 4.79 Å². The number of carbonyl (C=O) groups is 2. The highest BCUT2D eigenvalue weighted by molar-refractivity contribution is 5.75. The van der Waals surface area contributed by atoms with Gasteiger partial charge >= 0.3 is 12.0 Å². The summed E-state index contributed by atoms with van der Waals surface area (Å²) >= 11 is 0. The number of carboxylic acids is 1. The first-order chi connectivity index (χ1) is 7.88. The maximum atomic E-state index is 11.7. The number of aliphatic carboxylic acids is 1.